The van der Waals surface area contributed by atoms with Gasteiger partial charge in [-0.2, -0.15) is 16.9 Å². The van der Waals surface area contributed by atoms with Crippen LogP contribution in [0.2, 0.25) is 5.02 Å². The number of sulfonamides is 1. The summed E-state index contributed by atoms with van der Waals surface area (Å²) in [5, 5.41) is 4.35. The number of anilines is 1. The maximum absolute atomic E-state index is 13.3. The first kappa shape index (κ1) is 29.0. The third kappa shape index (κ3) is 8.79. The van der Waals surface area contributed by atoms with E-state index in [1.54, 1.807) is 66.4 Å². The number of rotatable bonds is 13. The van der Waals surface area contributed by atoms with Crippen LogP contribution in [-0.4, -0.2) is 58.3 Å². The monoisotopic (exact) mass is 575 g/mol. The van der Waals surface area contributed by atoms with Crippen molar-refractivity contribution in [2.75, 3.05) is 36.1 Å². The van der Waals surface area contributed by atoms with E-state index >= 15 is 0 Å². The number of hydrogen-bond acceptors (Lipinski definition) is 8. The Balaban J connectivity index is 1.60. The van der Waals surface area contributed by atoms with E-state index in [4.69, 9.17) is 21.1 Å². The minimum absolute atomic E-state index is 0.0433. The van der Waals surface area contributed by atoms with Crippen LogP contribution in [0.5, 0.6) is 5.75 Å². The fraction of sp³-hybridized carbons (Fsp3) is 0.192. The van der Waals surface area contributed by atoms with E-state index < -0.39 is 28.4 Å². The van der Waals surface area contributed by atoms with Gasteiger partial charge in [-0.05, 0) is 72.5 Å². The third-order valence-electron chi connectivity index (χ3n) is 4.92. The molecule has 0 unspecified atom stereocenters. The van der Waals surface area contributed by atoms with Crippen LogP contribution in [0.3, 0.4) is 0 Å². The van der Waals surface area contributed by atoms with Gasteiger partial charge in [-0.25, -0.2) is 18.6 Å². The molecule has 0 aliphatic heterocycles. The zero-order valence-electron chi connectivity index (χ0n) is 20.4. The van der Waals surface area contributed by atoms with Crippen LogP contribution in [0.25, 0.3) is 0 Å². The molecule has 0 aromatic heterocycles. The molecule has 3 rings (SSSR count). The molecule has 1 amide bonds. The summed E-state index contributed by atoms with van der Waals surface area (Å²) in [5.74, 6) is 0.0980. The highest BCUT2D eigenvalue weighted by Crippen LogP contribution is 2.25. The Morgan fingerprint density at radius 3 is 2.37 bits per heavy atom. The fourth-order valence-corrected chi connectivity index (χ4v) is 4.88. The predicted molar refractivity (Wildman–Crippen MR) is 149 cm³/mol. The summed E-state index contributed by atoms with van der Waals surface area (Å²) in [7, 11) is -4.03. The summed E-state index contributed by atoms with van der Waals surface area (Å²) >= 11 is 7.53. The van der Waals surface area contributed by atoms with Crippen molar-refractivity contribution in [1.29, 1.82) is 0 Å². The number of halogens is 1. The highest BCUT2D eigenvalue weighted by atomic mass is 35.5. The average Bonchev–Trinajstić information content (AvgIpc) is 2.92. The van der Waals surface area contributed by atoms with Gasteiger partial charge in [-0.3, -0.25) is 9.10 Å². The molecule has 1 N–H and O–H groups in total. The molecular formula is C26H26ClN3O6S2. The highest BCUT2D eigenvalue weighted by molar-refractivity contribution is 7.98. The van der Waals surface area contributed by atoms with Crippen molar-refractivity contribution in [3.05, 3.63) is 89.4 Å². The summed E-state index contributed by atoms with van der Waals surface area (Å²) in [5.41, 5.74) is 3.27. The van der Waals surface area contributed by atoms with Gasteiger partial charge < -0.3 is 9.47 Å². The molecule has 0 aliphatic carbocycles. The number of amides is 1. The van der Waals surface area contributed by atoms with Crippen LogP contribution >= 0.6 is 23.4 Å². The SMILES string of the molecule is CSCCOC(=O)COc1ccc(/C=N\NC(=O)CN(c2ccc(Cl)cc2)S(=O)(=O)c2ccccc2)cc1. The summed E-state index contributed by atoms with van der Waals surface area (Å²) in [6, 6.07) is 20.6. The Morgan fingerprint density at radius 2 is 1.71 bits per heavy atom. The van der Waals surface area contributed by atoms with E-state index in [0.717, 1.165) is 10.1 Å². The molecule has 3 aromatic rings. The molecule has 0 aliphatic rings. The number of nitrogens with zero attached hydrogens (tertiary/aromatic N) is 2. The molecule has 0 fully saturated rings. The van der Waals surface area contributed by atoms with Crippen LogP contribution in [0, 0.1) is 0 Å². The van der Waals surface area contributed by atoms with Gasteiger partial charge in [0.2, 0.25) is 0 Å². The lowest BCUT2D eigenvalue weighted by molar-refractivity contribution is -0.145. The van der Waals surface area contributed by atoms with E-state index in [1.165, 1.54) is 30.5 Å². The van der Waals surface area contributed by atoms with Crippen molar-refractivity contribution in [3.63, 3.8) is 0 Å². The second kappa shape index (κ2) is 14.4. The maximum Gasteiger partial charge on any atom is 0.344 e. The molecule has 0 saturated heterocycles. The highest BCUT2D eigenvalue weighted by Gasteiger charge is 2.27. The number of hydrogen-bond donors (Lipinski definition) is 1. The maximum atomic E-state index is 13.3. The Kier molecular flexibility index (Phi) is 11.0. The van der Waals surface area contributed by atoms with Crippen LogP contribution in [0.1, 0.15) is 5.56 Å². The van der Waals surface area contributed by atoms with Gasteiger partial charge in [0.1, 0.15) is 18.9 Å². The molecule has 0 saturated carbocycles. The number of carbonyl (C=O) groups is 2. The zero-order chi connectivity index (χ0) is 27.4. The second-order valence-electron chi connectivity index (χ2n) is 7.67. The molecule has 3 aromatic carbocycles. The minimum Gasteiger partial charge on any atom is -0.482 e. The van der Waals surface area contributed by atoms with Gasteiger partial charge in [-0.1, -0.05) is 29.8 Å². The van der Waals surface area contributed by atoms with Crippen LogP contribution in [-0.2, 0) is 24.3 Å². The molecule has 0 spiro atoms. The van der Waals surface area contributed by atoms with Gasteiger partial charge in [-0.15, -0.1) is 0 Å². The Hall–Kier alpha value is -3.54. The third-order valence-corrected chi connectivity index (χ3v) is 7.54. The number of carbonyl (C=O) groups excluding carboxylic acids is 2. The van der Waals surface area contributed by atoms with Crippen molar-refractivity contribution in [2.45, 2.75) is 4.90 Å². The van der Waals surface area contributed by atoms with Crippen molar-refractivity contribution in [3.8, 4) is 5.75 Å². The Morgan fingerprint density at radius 1 is 1.03 bits per heavy atom. The molecule has 9 nitrogen and oxygen atoms in total. The largest absolute Gasteiger partial charge is 0.482 e. The number of benzene rings is 3. The smallest absolute Gasteiger partial charge is 0.344 e. The summed E-state index contributed by atoms with van der Waals surface area (Å²) in [6.07, 6.45) is 3.32. The van der Waals surface area contributed by atoms with Crippen molar-refractivity contribution in [1.82, 2.24) is 5.43 Å². The number of ether oxygens (including phenoxy) is 2. The quantitative estimate of drug-likeness (QED) is 0.142. The molecule has 0 atom stereocenters. The first-order valence-corrected chi connectivity index (χ1v) is 14.5. The van der Waals surface area contributed by atoms with Gasteiger partial charge in [0.05, 0.1) is 16.8 Å². The standard InChI is InChI=1S/C26H26ClN3O6S2/c1-37-16-15-35-26(32)19-36-23-13-7-20(8-14-23)17-28-29-25(31)18-30(22-11-9-21(27)10-12-22)38(33,34)24-5-3-2-4-6-24/h2-14,17H,15-16,18-19H2,1H3,(H,29,31)/b28-17-. The predicted octanol–water partition coefficient (Wildman–Crippen LogP) is 3.97. The topological polar surface area (TPSA) is 114 Å². The lowest BCUT2D eigenvalue weighted by Gasteiger charge is -2.23. The Labute approximate surface area is 230 Å². The van der Waals surface area contributed by atoms with E-state index in [9.17, 15) is 18.0 Å². The number of esters is 1. The summed E-state index contributed by atoms with van der Waals surface area (Å²) < 4.78 is 37.9. The Bertz CT molecular complexity index is 1340. The van der Waals surface area contributed by atoms with Crippen LogP contribution in [0.15, 0.2) is 88.9 Å². The van der Waals surface area contributed by atoms with Gasteiger partial charge in [0.15, 0.2) is 6.61 Å². The fourth-order valence-electron chi connectivity index (χ4n) is 3.06. The van der Waals surface area contributed by atoms with E-state index in [-0.39, 0.29) is 17.2 Å². The van der Waals surface area contributed by atoms with Gasteiger partial charge >= 0.3 is 5.97 Å². The van der Waals surface area contributed by atoms with Gasteiger partial charge in [0.25, 0.3) is 15.9 Å². The van der Waals surface area contributed by atoms with Crippen LogP contribution < -0.4 is 14.5 Å². The molecule has 0 radical (unpaired) electrons. The lowest BCUT2D eigenvalue weighted by atomic mass is 10.2. The molecule has 12 heteroatoms. The summed E-state index contributed by atoms with van der Waals surface area (Å²) in [4.78, 5) is 24.3. The molecule has 38 heavy (non-hydrogen) atoms. The van der Waals surface area contributed by atoms with Crippen molar-refractivity contribution in [2.24, 2.45) is 5.10 Å². The average molecular weight is 576 g/mol. The number of nitrogens with one attached hydrogen (secondary N) is 1. The molecular weight excluding hydrogens is 550 g/mol. The first-order valence-electron chi connectivity index (χ1n) is 11.3. The van der Waals surface area contributed by atoms with E-state index in [1.807, 2.05) is 6.26 Å². The first-order chi connectivity index (χ1) is 18.3. The van der Waals surface area contributed by atoms with Crippen molar-refractivity contribution < 1.29 is 27.5 Å². The van der Waals surface area contributed by atoms with E-state index in [2.05, 4.69) is 10.5 Å². The number of thioether (sulfide) groups is 1. The number of hydrazone groups is 1. The normalized spacial score (nSPS) is 11.2. The second-order valence-corrected chi connectivity index (χ2v) is 10.9. The van der Waals surface area contributed by atoms with E-state index in [0.29, 0.717) is 22.9 Å². The molecule has 200 valence electrons. The zero-order valence-corrected chi connectivity index (χ0v) is 22.8. The van der Waals surface area contributed by atoms with Crippen molar-refractivity contribution >= 4 is 57.2 Å². The lowest BCUT2D eigenvalue weighted by Crippen LogP contribution is -2.39. The minimum atomic E-state index is -4.03. The molecule has 0 bridgehead atoms. The van der Waals surface area contributed by atoms with Crippen LogP contribution in [0.4, 0.5) is 5.69 Å². The van der Waals surface area contributed by atoms with Gasteiger partial charge in [0, 0.05) is 10.8 Å². The summed E-state index contributed by atoms with van der Waals surface area (Å²) in [6.45, 7) is -0.371. The molecule has 0 heterocycles.